The summed E-state index contributed by atoms with van der Waals surface area (Å²) < 4.78 is 0. The molecule has 4 nitrogen and oxygen atoms in total. The van der Waals surface area contributed by atoms with Crippen LogP contribution in [-0.2, 0) is 11.2 Å². The highest BCUT2D eigenvalue weighted by Crippen LogP contribution is 2.33. The van der Waals surface area contributed by atoms with E-state index in [0.717, 1.165) is 16.8 Å². The molecule has 0 saturated carbocycles. The number of nitrogens with zero attached hydrogens (tertiary/aromatic N) is 1. The van der Waals surface area contributed by atoms with Crippen molar-refractivity contribution in [2.24, 2.45) is 5.73 Å². The van der Waals surface area contributed by atoms with Crippen molar-refractivity contribution in [3.63, 3.8) is 0 Å². The maximum absolute atomic E-state index is 11.2. The van der Waals surface area contributed by atoms with Gasteiger partial charge in [-0.1, -0.05) is 18.2 Å². The summed E-state index contributed by atoms with van der Waals surface area (Å²) in [5.74, 6) is -0.368. The lowest BCUT2D eigenvalue weighted by atomic mass is 9.96. The number of nitrogens with two attached hydrogens (primary N) is 1. The fourth-order valence-electron chi connectivity index (χ4n) is 2.11. The first-order valence-electron chi connectivity index (χ1n) is 5.10. The van der Waals surface area contributed by atoms with E-state index in [-0.39, 0.29) is 5.91 Å². The van der Waals surface area contributed by atoms with Crippen molar-refractivity contribution >= 4 is 17.7 Å². The molecule has 0 fully saturated rings. The molecule has 2 heterocycles. The van der Waals surface area contributed by atoms with Gasteiger partial charge in [0.2, 0.25) is 5.91 Å². The fraction of sp³-hybridized carbons (Fsp3) is 0.0833. The summed E-state index contributed by atoms with van der Waals surface area (Å²) in [4.78, 5) is 11.2. The number of amides is 1. The summed E-state index contributed by atoms with van der Waals surface area (Å²) in [6, 6.07) is 6.06. The molecule has 0 atom stereocenters. The minimum absolute atomic E-state index is 0.368. The third-order valence-corrected chi connectivity index (χ3v) is 2.85. The minimum atomic E-state index is -0.368. The van der Waals surface area contributed by atoms with Crippen LogP contribution in [0.4, 0.5) is 5.69 Å². The summed E-state index contributed by atoms with van der Waals surface area (Å²) in [6.45, 7) is 0. The van der Waals surface area contributed by atoms with E-state index in [4.69, 9.17) is 5.73 Å². The van der Waals surface area contributed by atoms with E-state index in [2.05, 4.69) is 5.43 Å². The van der Waals surface area contributed by atoms with Crippen molar-refractivity contribution in [3.8, 4) is 0 Å². The lowest BCUT2D eigenvalue weighted by Crippen LogP contribution is -2.36. The first kappa shape index (κ1) is 9.03. The van der Waals surface area contributed by atoms with E-state index in [0.29, 0.717) is 12.0 Å². The normalized spacial score (nSPS) is 16.2. The zero-order chi connectivity index (χ0) is 11.1. The lowest BCUT2D eigenvalue weighted by Gasteiger charge is -2.32. The Balaban J connectivity index is 2.16. The molecule has 0 saturated heterocycles. The number of nitrogens with one attached hydrogen (secondary N) is 1. The molecule has 3 rings (SSSR count). The van der Waals surface area contributed by atoms with Gasteiger partial charge in [0.15, 0.2) is 0 Å². The van der Waals surface area contributed by atoms with Gasteiger partial charge < -0.3 is 11.2 Å². The zero-order valence-corrected chi connectivity index (χ0v) is 8.60. The van der Waals surface area contributed by atoms with Crippen molar-refractivity contribution < 1.29 is 4.79 Å². The molecule has 16 heavy (non-hydrogen) atoms. The summed E-state index contributed by atoms with van der Waals surface area (Å²) in [7, 11) is 0. The molecule has 0 spiro atoms. The molecule has 2 aliphatic heterocycles. The average Bonchev–Trinajstić information content (AvgIpc) is 2.29. The van der Waals surface area contributed by atoms with Crippen LogP contribution in [-0.4, -0.2) is 5.91 Å². The van der Waals surface area contributed by atoms with Gasteiger partial charge in [0.1, 0.15) is 0 Å². The number of anilines is 1. The van der Waals surface area contributed by atoms with Gasteiger partial charge in [-0.2, -0.15) is 0 Å². The number of carbonyl (C=O) groups is 1. The van der Waals surface area contributed by atoms with Gasteiger partial charge >= 0.3 is 0 Å². The number of hydrogen-bond donors (Lipinski definition) is 2. The molecule has 0 aliphatic carbocycles. The van der Waals surface area contributed by atoms with Gasteiger partial charge in [0, 0.05) is 30.0 Å². The first-order valence-corrected chi connectivity index (χ1v) is 5.10. The van der Waals surface area contributed by atoms with Crippen LogP contribution in [0, 0.1) is 0 Å². The van der Waals surface area contributed by atoms with Crippen LogP contribution < -0.4 is 16.2 Å². The largest absolute Gasteiger partial charge is 0.366 e. The molecule has 1 amide bonds. The Hall–Kier alpha value is -2.23. The molecular formula is C12H11N3O. The third kappa shape index (κ3) is 1.20. The summed E-state index contributed by atoms with van der Waals surface area (Å²) >= 11 is 0. The van der Waals surface area contributed by atoms with E-state index in [1.54, 1.807) is 6.20 Å². The van der Waals surface area contributed by atoms with Crippen molar-refractivity contribution in [1.82, 2.24) is 5.43 Å². The monoisotopic (exact) mass is 213 g/mol. The van der Waals surface area contributed by atoms with E-state index in [1.165, 1.54) is 0 Å². The first-order chi connectivity index (χ1) is 7.75. The fourth-order valence-corrected chi connectivity index (χ4v) is 2.11. The standard InChI is InChI=1S/C12H11N3O/c13-12(16)10-6-9-3-1-2-8-4-5-14-15(7-10)11(8)9/h1-5,7,14H,6H2,(H2,13,16). The van der Waals surface area contributed by atoms with Crippen molar-refractivity contribution in [2.75, 3.05) is 5.01 Å². The Labute approximate surface area is 93.0 Å². The average molecular weight is 213 g/mol. The van der Waals surface area contributed by atoms with Crippen LogP contribution in [0.1, 0.15) is 11.1 Å². The number of hydrazine groups is 1. The van der Waals surface area contributed by atoms with Crippen LogP contribution in [0.3, 0.4) is 0 Å². The number of benzene rings is 1. The van der Waals surface area contributed by atoms with Crippen LogP contribution in [0.2, 0.25) is 0 Å². The lowest BCUT2D eigenvalue weighted by molar-refractivity contribution is -0.114. The molecule has 0 radical (unpaired) electrons. The van der Waals surface area contributed by atoms with Crippen LogP contribution in [0.15, 0.2) is 36.2 Å². The van der Waals surface area contributed by atoms with Crippen molar-refractivity contribution in [1.29, 1.82) is 0 Å². The molecule has 0 bridgehead atoms. The Morgan fingerprint density at radius 1 is 1.44 bits per heavy atom. The molecule has 4 heteroatoms. The molecular weight excluding hydrogens is 202 g/mol. The second-order valence-corrected chi connectivity index (χ2v) is 3.88. The van der Waals surface area contributed by atoms with Crippen LogP contribution in [0.25, 0.3) is 6.08 Å². The molecule has 2 aliphatic rings. The van der Waals surface area contributed by atoms with Gasteiger partial charge in [-0.05, 0) is 11.6 Å². The number of carbonyl (C=O) groups excluding carboxylic acids is 1. The Kier molecular flexibility index (Phi) is 1.77. The maximum Gasteiger partial charge on any atom is 0.246 e. The van der Waals surface area contributed by atoms with Gasteiger partial charge in [0.05, 0.1) is 5.69 Å². The van der Waals surface area contributed by atoms with Gasteiger partial charge in [-0.3, -0.25) is 9.80 Å². The van der Waals surface area contributed by atoms with Gasteiger partial charge in [-0.15, -0.1) is 0 Å². The number of rotatable bonds is 1. The Morgan fingerprint density at radius 3 is 3.12 bits per heavy atom. The van der Waals surface area contributed by atoms with E-state index < -0.39 is 0 Å². The molecule has 0 aromatic heterocycles. The summed E-state index contributed by atoms with van der Waals surface area (Å²) in [5, 5.41) is 1.84. The molecule has 1 aromatic carbocycles. The molecule has 0 unspecified atom stereocenters. The summed E-state index contributed by atoms with van der Waals surface area (Å²) in [5.41, 5.74) is 12.4. The highest BCUT2D eigenvalue weighted by molar-refractivity contribution is 5.94. The van der Waals surface area contributed by atoms with Crippen LogP contribution in [0.5, 0.6) is 0 Å². The Bertz CT molecular complexity index is 531. The topological polar surface area (TPSA) is 58.4 Å². The number of primary amides is 1. The maximum atomic E-state index is 11.2. The summed E-state index contributed by atoms with van der Waals surface area (Å²) in [6.07, 6.45) is 6.22. The van der Waals surface area contributed by atoms with Crippen LogP contribution >= 0.6 is 0 Å². The smallest absolute Gasteiger partial charge is 0.246 e. The highest BCUT2D eigenvalue weighted by Gasteiger charge is 2.23. The van der Waals surface area contributed by atoms with Gasteiger partial charge in [0.25, 0.3) is 0 Å². The predicted octanol–water partition coefficient (Wildman–Crippen LogP) is 0.907. The van der Waals surface area contributed by atoms with Gasteiger partial charge in [-0.25, -0.2) is 0 Å². The van der Waals surface area contributed by atoms with Crippen molar-refractivity contribution in [3.05, 3.63) is 47.3 Å². The highest BCUT2D eigenvalue weighted by atomic mass is 16.1. The van der Waals surface area contributed by atoms with E-state index >= 15 is 0 Å². The third-order valence-electron chi connectivity index (χ3n) is 2.85. The molecule has 1 aromatic rings. The Morgan fingerprint density at radius 2 is 2.31 bits per heavy atom. The second-order valence-electron chi connectivity index (χ2n) is 3.88. The van der Waals surface area contributed by atoms with E-state index in [9.17, 15) is 4.79 Å². The minimum Gasteiger partial charge on any atom is -0.366 e. The number of hydrogen-bond acceptors (Lipinski definition) is 3. The quantitative estimate of drug-likeness (QED) is 0.729. The SMILES string of the molecule is NC(=O)C1=CN2NC=Cc3cccc(c32)C1. The predicted molar refractivity (Wildman–Crippen MR) is 62.1 cm³/mol. The molecule has 3 N–H and O–H groups in total. The van der Waals surface area contributed by atoms with Crippen molar-refractivity contribution in [2.45, 2.75) is 6.42 Å². The zero-order valence-electron chi connectivity index (χ0n) is 8.60. The number of para-hydroxylation sites is 1. The van der Waals surface area contributed by atoms with E-state index in [1.807, 2.05) is 35.5 Å². The molecule has 80 valence electrons. The second kappa shape index (κ2) is 3.13.